The fourth-order valence-corrected chi connectivity index (χ4v) is 1.99. The summed E-state index contributed by atoms with van der Waals surface area (Å²) in [5, 5.41) is 4.19. The van der Waals surface area contributed by atoms with Gasteiger partial charge < -0.3 is 4.74 Å². The Bertz CT molecular complexity index is 786. The van der Waals surface area contributed by atoms with Crippen LogP contribution in [-0.4, -0.2) is 6.21 Å². The van der Waals surface area contributed by atoms with Crippen LogP contribution in [0.25, 0.3) is 0 Å². The molecule has 0 radical (unpaired) electrons. The minimum absolute atomic E-state index is 0.287. The van der Waals surface area contributed by atoms with E-state index in [1.165, 1.54) is 12.1 Å². The number of hydrazone groups is 1. The number of halogens is 1. The van der Waals surface area contributed by atoms with Gasteiger partial charge in [-0.1, -0.05) is 30.3 Å². The Morgan fingerprint density at radius 1 is 0.826 bits per heavy atom. The van der Waals surface area contributed by atoms with E-state index in [1.54, 1.807) is 18.3 Å². The van der Waals surface area contributed by atoms with Gasteiger partial charge in [-0.3, -0.25) is 5.43 Å². The lowest BCUT2D eigenvalue weighted by atomic mass is 10.2. The molecule has 3 nitrogen and oxygen atoms in total. The fourth-order valence-electron chi connectivity index (χ4n) is 1.99. The third-order valence-electron chi connectivity index (χ3n) is 3.09. The van der Waals surface area contributed by atoms with Gasteiger partial charge in [0, 0.05) is 0 Å². The molecule has 0 aliphatic heterocycles. The molecule has 23 heavy (non-hydrogen) atoms. The summed E-state index contributed by atoms with van der Waals surface area (Å²) in [6.07, 6.45) is 1.71. The Balaban J connectivity index is 1.66. The van der Waals surface area contributed by atoms with Crippen molar-refractivity contribution in [1.29, 1.82) is 0 Å². The zero-order chi connectivity index (χ0) is 15.9. The number of rotatable bonds is 5. The van der Waals surface area contributed by atoms with E-state index >= 15 is 0 Å². The highest BCUT2D eigenvalue weighted by molar-refractivity contribution is 5.80. The first-order chi connectivity index (χ1) is 11.3. The molecule has 3 aromatic carbocycles. The first-order valence-corrected chi connectivity index (χ1v) is 7.17. The second-order valence-electron chi connectivity index (χ2n) is 4.86. The average molecular weight is 306 g/mol. The van der Waals surface area contributed by atoms with Crippen LogP contribution in [0.1, 0.15) is 5.56 Å². The van der Waals surface area contributed by atoms with Gasteiger partial charge in [-0.2, -0.15) is 5.10 Å². The predicted molar refractivity (Wildman–Crippen MR) is 90.6 cm³/mol. The summed E-state index contributed by atoms with van der Waals surface area (Å²) in [7, 11) is 0. The molecule has 0 amide bonds. The van der Waals surface area contributed by atoms with Gasteiger partial charge >= 0.3 is 0 Å². The molecule has 0 atom stereocenters. The highest BCUT2D eigenvalue weighted by Crippen LogP contribution is 2.22. The Labute approximate surface area is 134 Å². The molecule has 0 heterocycles. The Morgan fingerprint density at radius 3 is 2.39 bits per heavy atom. The van der Waals surface area contributed by atoms with Gasteiger partial charge in [-0.15, -0.1) is 0 Å². The van der Waals surface area contributed by atoms with Crippen LogP contribution in [0.15, 0.2) is 84.0 Å². The summed E-state index contributed by atoms with van der Waals surface area (Å²) in [4.78, 5) is 0. The SMILES string of the molecule is Fc1ccc(Oc2cccc(C=NNc3ccccc3)c2)cc1. The number of nitrogens with zero attached hydrogens (tertiary/aromatic N) is 1. The van der Waals surface area contributed by atoms with Gasteiger partial charge in [0.15, 0.2) is 0 Å². The van der Waals surface area contributed by atoms with Gasteiger partial charge in [0.1, 0.15) is 17.3 Å². The molecular formula is C19H15FN2O. The summed E-state index contributed by atoms with van der Waals surface area (Å²) in [6, 6.07) is 23.1. The van der Waals surface area contributed by atoms with Crippen LogP contribution >= 0.6 is 0 Å². The zero-order valence-corrected chi connectivity index (χ0v) is 12.3. The second-order valence-corrected chi connectivity index (χ2v) is 4.86. The van der Waals surface area contributed by atoms with E-state index in [1.807, 2.05) is 54.6 Å². The first-order valence-electron chi connectivity index (χ1n) is 7.17. The number of para-hydroxylation sites is 1. The summed E-state index contributed by atoms with van der Waals surface area (Å²) in [5.41, 5.74) is 4.77. The standard InChI is InChI=1S/C19H15FN2O/c20-16-9-11-18(12-10-16)23-19-8-4-5-15(13-19)14-21-22-17-6-2-1-3-7-17/h1-14,22H. The lowest BCUT2D eigenvalue weighted by molar-refractivity contribution is 0.480. The monoisotopic (exact) mass is 306 g/mol. The predicted octanol–water partition coefficient (Wildman–Crippen LogP) is 5.06. The summed E-state index contributed by atoms with van der Waals surface area (Å²) < 4.78 is 18.6. The molecule has 0 saturated heterocycles. The van der Waals surface area contributed by atoms with Crippen molar-refractivity contribution in [2.24, 2.45) is 5.10 Å². The van der Waals surface area contributed by atoms with Crippen molar-refractivity contribution in [3.63, 3.8) is 0 Å². The Morgan fingerprint density at radius 2 is 1.61 bits per heavy atom. The van der Waals surface area contributed by atoms with Gasteiger partial charge in [0.25, 0.3) is 0 Å². The van der Waals surface area contributed by atoms with E-state index in [-0.39, 0.29) is 5.82 Å². The Hall–Kier alpha value is -3.14. The van der Waals surface area contributed by atoms with E-state index in [0.29, 0.717) is 11.5 Å². The molecule has 0 aliphatic carbocycles. The van der Waals surface area contributed by atoms with Crippen LogP contribution in [0, 0.1) is 5.82 Å². The molecule has 3 aromatic rings. The van der Waals surface area contributed by atoms with Crippen molar-refractivity contribution >= 4 is 11.9 Å². The molecule has 0 unspecified atom stereocenters. The summed E-state index contributed by atoms with van der Waals surface area (Å²) in [5.74, 6) is 0.966. The number of anilines is 1. The van der Waals surface area contributed by atoms with Gasteiger partial charge in [-0.05, 0) is 54.1 Å². The van der Waals surface area contributed by atoms with Crippen molar-refractivity contribution in [1.82, 2.24) is 0 Å². The molecular weight excluding hydrogens is 291 g/mol. The van der Waals surface area contributed by atoms with Crippen molar-refractivity contribution < 1.29 is 9.13 Å². The van der Waals surface area contributed by atoms with Crippen molar-refractivity contribution in [2.45, 2.75) is 0 Å². The van der Waals surface area contributed by atoms with Crippen molar-refractivity contribution in [2.75, 3.05) is 5.43 Å². The maximum Gasteiger partial charge on any atom is 0.128 e. The van der Waals surface area contributed by atoms with Gasteiger partial charge in [0.05, 0.1) is 11.9 Å². The fraction of sp³-hybridized carbons (Fsp3) is 0. The largest absolute Gasteiger partial charge is 0.457 e. The topological polar surface area (TPSA) is 33.6 Å². The zero-order valence-electron chi connectivity index (χ0n) is 12.3. The highest BCUT2D eigenvalue weighted by atomic mass is 19.1. The van der Waals surface area contributed by atoms with Crippen LogP contribution in [0.4, 0.5) is 10.1 Å². The van der Waals surface area contributed by atoms with E-state index < -0.39 is 0 Å². The maximum atomic E-state index is 12.9. The number of ether oxygens (including phenoxy) is 1. The lowest BCUT2D eigenvalue weighted by Gasteiger charge is -2.06. The molecule has 114 valence electrons. The lowest BCUT2D eigenvalue weighted by Crippen LogP contribution is -1.91. The van der Waals surface area contributed by atoms with Crippen LogP contribution in [0.2, 0.25) is 0 Å². The minimum atomic E-state index is -0.287. The van der Waals surface area contributed by atoms with Crippen molar-refractivity contribution in [3.05, 3.63) is 90.2 Å². The highest BCUT2D eigenvalue weighted by Gasteiger charge is 1.99. The van der Waals surface area contributed by atoms with Gasteiger partial charge in [0.2, 0.25) is 0 Å². The van der Waals surface area contributed by atoms with E-state index in [2.05, 4.69) is 10.5 Å². The molecule has 0 saturated carbocycles. The quantitative estimate of drug-likeness (QED) is 0.528. The number of benzene rings is 3. The molecule has 0 fully saturated rings. The van der Waals surface area contributed by atoms with Crippen LogP contribution in [-0.2, 0) is 0 Å². The van der Waals surface area contributed by atoms with Gasteiger partial charge in [-0.25, -0.2) is 4.39 Å². The molecule has 4 heteroatoms. The van der Waals surface area contributed by atoms with Crippen LogP contribution in [0.5, 0.6) is 11.5 Å². The molecule has 0 bridgehead atoms. The van der Waals surface area contributed by atoms with E-state index in [0.717, 1.165) is 11.3 Å². The molecule has 0 spiro atoms. The summed E-state index contributed by atoms with van der Waals surface area (Å²) >= 11 is 0. The van der Waals surface area contributed by atoms with Crippen LogP contribution < -0.4 is 10.2 Å². The maximum absolute atomic E-state index is 12.9. The third-order valence-corrected chi connectivity index (χ3v) is 3.09. The average Bonchev–Trinajstić information content (AvgIpc) is 2.58. The number of nitrogens with one attached hydrogen (secondary N) is 1. The van der Waals surface area contributed by atoms with Crippen molar-refractivity contribution in [3.8, 4) is 11.5 Å². The molecule has 1 N–H and O–H groups in total. The third kappa shape index (κ3) is 4.41. The van der Waals surface area contributed by atoms with E-state index in [9.17, 15) is 4.39 Å². The number of hydrogen-bond acceptors (Lipinski definition) is 3. The smallest absolute Gasteiger partial charge is 0.128 e. The first kappa shape index (κ1) is 14.8. The minimum Gasteiger partial charge on any atom is -0.457 e. The number of hydrogen-bond donors (Lipinski definition) is 1. The Kier molecular flexibility index (Phi) is 4.64. The second kappa shape index (κ2) is 7.22. The van der Waals surface area contributed by atoms with Crippen LogP contribution in [0.3, 0.4) is 0 Å². The molecule has 3 rings (SSSR count). The molecule has 0 aliphatic rings. The summed E-state index contributed by atoms with van der Waals surface area (Å²) in [6.45, 7) is 0. The molecule has 0 aromatic heterocycles. The normalized spacial score (nSPS) is 10.7. The van der Waals surface area contributed by atoms with E-state index in [4.69, 9.17) is 4.74 Å².